The van der Waals surface area contributed by atoms with Gasteiger partial charge < -0.3 is 10.1 Å². The average molecular weight is 402 g/mol. The Morgan fingerprint density at radius 1 is 1.07 bits per heavy atom. The van der Waals surface area contributed by atoms with Gasteiger partial charge in [-0.25, -0.2) is 4.68 Å². The van der Waals surface area contributed by atoms with Crippen molar-refractivity contribution in [3.63, 3.8) is 0 Å². The molecule has 7 heteroatoms. The summed E-state index contributed by atoms with van der Waals surface area (Å²) in [5.74, 6) is -0.00865. The van der Waals surface area contributed by atoms with Crippen LogP contribution in [0.5, 0.6) is 0 Å². The maximum atomic E-state index is 13.2. The number of nitrogens with one attached hydrogen (secondary N) is 1. The fraction of sp³-hybridized carbons (Fsp3) is 0.304. The van der Waals surface area contributed by atoms with Crippen molar-refractivity contribution in [3.8, 4) is 11.3 Å². The lowest BCUT2D eigenvalue weighted by atomic mass is 9.94. The van der Waals surface area contributed by atoms with Crippen LogP contribution in [0.25, 0.3) is 11.3 Å². The fourth-order valence-corrected chi connectivity index (χ4v) is 4.09. The van der Waals surface area contributed by atoms with E-state index in [2.05, 4.69) is 15.4 Å². The van der Waals surface area contributed by atoms with E-state index in [-0.39, 0.29) is 23.6 Å². The second-order valence-electron chi connectivity index (χ2n) is 7.88. The number of hydrogen-bond acceptors (Lipinski definition) is 5. The Kier molecular flexibility index (Phi) is 4.67. The Balaban J connectivity index is 1.40. The quantitative estimate of drug-likeness (QED) is 0.706. The molecule has 1 saturated carbocycles. The molecule has 7 nitrogen and oxygen atoms in total. The summed E-state index contributed by atoms with van der Waals surface area (Å²) in [5.41, 5.74) is 1.83. The zero-order valence-corrected chi connectivity index (χ0v) is 16.4. The lowest BCUT2D eigenvalue weighted by Crippen LogP contribution is -2.47. The molecule has 1 aromatic carbocycles. The van der Waals surface area contributed by atoms with E-state index in [4.69, 9.17) is 4.74 Å². The van der Waals surface area contributed by atoms with Gasteiger partial charge in [-0.05, 0) is 36.6 Å². The van der Waals surface area contributed by atoms with Crippen LogP contribution in [0.15, 0.2) is 71.8 Å². The highest BCUT2D eigenvalue weighted by atomic mass is 16.5. The first-order valence-electron chi connectivity index (χ1n) is 10.1. The molecule has 1 amide bonds. The molecule has 0 bridgehead atoms. The van der Waals surface area contributed by atoms with E-state index in [1.165, 1.54) is 10.7 Å². The molecule has 1 N–H and O–H groups in total. The molecule has 1 aliphatic carbocycles. The average Bonchev–Trinajstić information content (AvgIpc) is 3.49. The number of carbonyl (C=O) groups is 1. The minimum absolute atomic E-state index is 0.00865. The normalized spacial score (nSPS) is 21.9. The minimum atomic E-state index is -0.468. The Morgan fingerprint density at radius 3 is 2.63 bits per heavy atom. The first-order chi connectivity index (χ1) is 14.7. The molecule has 30 heavy (non-hydrogen) atoms. The number of rotatable bonds is 5. The van der Waals surface area contributed by atoms with Gasteiger partial charge in [0.1, 0.15) is 6.04 Å². The van der Waals surface area contributed by atoms with Crippen LogP contribution in [0.4, 0.5) is 0 Å². The summed E-state index contributed by atoms with van der Waals surface area (Å²) in [5, 5.41) is 7.69. The SMILES string of the molecule is O=C(NC1COCC1n1nc(-c2cccnc2)ccc1=O)C1(c2ccccc2)CC1. The molecule has 2 aromatic heterocycles. The number of pyridine rings is 1. The summed E-state index contributed by atoms with van der Waals surface area (Å²) in [6, 6.07) is 16.1. The molecule has 1 saturated heterocycles. The van der Waals surface area contributed by atoms with E-state index >= 15 is 0 Å². The summed E-state index contributed by atoms with van der Waals surface area (Å²) in [6.07, 6.45) is 5.06. The molecule has 5 rings (SSSR count). The number of ether oxygens (including phenoxy) is 1. The molecule has 1 aliphatic heterocycles. The van der Waals surface area contributed by atoms with E-state index in [1.54, 1.807) is 18.5 Å². The van der Waals surface area contributed by atoms with Crippen LogP contribution in [-0.2, 0) is 14.9 Å². The predicted molar refractivity (Wildman–Crippen MR) is 111 cm³/mol. The number of nitrogens with zero attached hydrogens (tertiary/aromatic N) is 3. The first-order valence-corrected chi connectivity index (χ1v) is 10.1. The second kappa shape index (κ2) is 7.50. The van der Waals surface area contributed by atoms with Crippen molar-refractivity contribution in [2.24, 2.45) is 0 Å². The number of aromatic nitrogens is 3. The third-order valence-electron chi connectivity index (χ3n) is 5.97. The Morgan fingerprint density at radius 2 is 1.90 bits per heavy atom. The molecule has 2 aliphatic rings. The largest absolute Gasteiger partial charge is 0.377 e. The fourth-order valence-electron chi connectivity index (χ4n) is 4.09. The molecule has 2 atom stereocenters. The monoisotopic (exact) mass is 402 g/mol. The summed E-state index contributed by atoms with van der Waals surface area (Å²) < 4.78 is 7.07. The number of amides is 1. The van der Waals surface area contributed by atoms with E-state index in [0.717, 1.165) is 24.0 Å². The first kappa shape index (κ1) is 18.7. The van der Waals surface area contributed by atoms with E-state index in [1.807, 2.05) is 42.5 Å². The Labute approximate surface area is 173 Å². The van der Waals surface area contributed by atoms with Crippen molar-refractivity contribution in [3.05, 3.63) is 82.9 Å². The van der Waals surface area contributed by atoms with Gasteiger partial charge in [-0.2, -0.15) is 5.10 Å². The zero-order valence-electron chi connectivity index (χ0n) is 16.4. The van der Waals surface area contributed by atoms with E-state index < -0.39 is 5.41 Å². The number of hydrogen-bond donors (Lipinski definition) is 1. The maximum Gasteiger partial charge on any atom is 0.267 e. The lowest BCUT2D eigenvalue weighted by Gasteiger charge is -2.24. The Hall–Kier alpha value is -3.32. The smallest absolute Gasteiger partial charge is 0.267 e. The van der Waals surface area contributed by atoms with Crippen molar-refractivity contribution >= 4 is 5.91 Å². The molecule has 152 valence electrons. The molecule has 0 spiro atoms. The molecule has 3 heterocycles. The number of benzene rings is 1. The molecule has 2 fully saturated rings. The van der Waals surface area contributed by atoms with Crippen LogP contribution in [0.3, 0.4) is 0 Å². The van der Waals surface area contributed by atoms with Crippen LogP contribution in [0.2, 0.25) is 0 Å². The molecule has 0 radical (unpaired) electrons. The van der Waals surface area contributed by atoms with Crippen molar-refractivity contribution in [1.29, 1.82) is 0 Å². The second-order valence-corrected chi connectivity index (χ2v) is 7.88. The summed E-state index contributed by atoms with van der Waals surface area (Å²) in [7, 11) is 0. The standard InChI is InChI=1S/C23H22N4O3/c28-21-9-8-18(16-5-4-12-24-13-16)26-27(21)20-15-30-14-19(20)25-22(29)23(10-11-23)17-6-2-1-3-7-17/h1-9,12-13,19-20H,10-11,14-15H2,(H,25,29). The maximum absolute atomic E-state index is 13.2. The van der Waals surface area contributed by atoms with E-state index in [0.29, 0.717) is 18.9 Å². The molecular weight excluding hydrogens is 380 g/mol. The lowest BCUT2D eigenvalue weighted by molar-refractivity contribution is -0.124. The highest BCUT2D eigenvalue weighted by molar-refractivity contribution is 5.91. The third-order valence-corrected chi connectivity index (χ3v) is 5.97. The van der Waals surface area contributed by atoms with Gasteiger partial charge in [0.25, 0.3) is 5.56 Å². The predicted octanol–water partition coefficient (Wildman–Crippen LogP) is 2.09. The number of carbonyl (C=O) groups excluding carboxylic acids is 1. The zero-order chi connectivity index (χ0) is 20.6. The minimum Gasteiger partial charge on any atom is -0.377 e. The van der Waals surface area contributed by atoms with Gasteiger partial charge in [-0.3, -0.25) is 14.6 Å². The van der Waals surface area contributed by atoms with Gasteiger partial charge in [0.05, 0.1) is 30.4 Å². The summed E-state index contributed by atoms with van der Waals surface area (Å²) in [4.78, 5) is 29.8. The highest BCUT2D eigenvalue weighted by Gasteiger charge is 2.52. The van der Waals surface area contributed by atoms with Gasteiger partial charge in [0.15, 0.2) is 0 Å². The molecule has 2 unspecified atom stereocenters. The van der Waals surface area contributed by atoms with Crippen molar-refractivity contribution < 1.29 is 9.53 Å². The Bertz CT molecular complexity index is 1110. The van der Waals surface area contributed by atoms with Crippen LogP contribution >= 0.6 is 0 Å². The van der Waals surface area contributed by atoms with Crippen molar-refractivity contribution in [2.45, 2.75) is 30.3 Å². The van der Waals surface area contributed by atoms with Crippen molar-refractivity contribution in [2.75, 3.05) is 13.2 Å². The van der Waals surface area contributed by atoms with Gasteiger partial charge in [0.2, 0.25) is 5.91 Å². The van der Waals surface area contributed by atoms with Gasteiger partial charge >= 0.3 is 0 Å². The molecule has 3 aromatic rings. The van der Waals surface area contributed by atoms with Crippen LogP contribution in [0, 0.1) is 0 Å². The van der Waals surface area contributed by atoms with Crippen molar-refractivity contribution in [1.82, 2.24) is 20.1 Å². The summed E-state index contributed by atoms with van der Waals surface area (Å²) >= 11 is 0. The van der Waals surface area contributed by atoms with Crippen LogP contribution in [0.1, 0.15) is 24.4 Å². The highest BCUT2D eigenvalue weighted by Crippen LogP contribution is 2.48. The third kappa shape index (κ3) is 3.31. The van der Waals surface area contributed by atoms with Gasteiger partial charge in [-0.1, -0.05) is 30.3 Å². The topological polar surface area (TPSA) is 86.1 Å². The van der Waals surface area contributed by atoms with E-state index in [9.17, 15) is 9.59 Å². The van der Waals surface area contributed by atoms with Gasteiger partial charge in [-0.15, -0.1) is 0 Å². The summed E-state index contributed by atoms with van der Waals surface area (Å²) in [6.45, 7) is 0.680. The van der Waals surface area contributed by atoms with Gasteiger partial charge in [0, 0.05) is 24.0 Å². The molecular formula is C23H22N4O3. The van der Waals surface area contributed by atoms with Crippen LogP contribution < -0.4 is 10.9 Å². The van der Waals surface area contributed by atoms with Crippen LogP contribution in [-0.4, -0.2) is 39.9 Å².